The van der Waals surface area contributed by atoms with Crippen LogP contribution in [0.15, 0.2) is 12.1 Å². The van der Waals surface area contributed by atoms with Gasteiger partial charge in [-0.05, 0) is 12.1 Å². The summed E-state index contributed by atoms with van der Waals surface area (Å²) in [4.78, 5) is 0. The molecule has 7 heteroatoms. The van der Waals surface area contributed by atoms with E-state index in [1.54, 1.807) is 5.48 Å². The molecular formula is C8H7ClF3NO2. The van der Waals surface area contributed by atoms with E-state index < -0.39 is 17.5 Å². The number of hydrogen-bond acceptors (Lipinski definition) is 3. The van der Waals surface area contributed by atoms with Crippen LogP contribution in [0.2, 0.25) is 5.02 Å². The van der Waals surface area contributed by atoms with Crippen molar-refractivity contribution in [1.29, 1.82) is 0 Å². The Bertz CT molecular complexity index is 368. The van der Waals surface area contributed by atoms with Crippen LogP contribution in [0.3, 0.4) is 0 Å². The smallest absolute Gasteiger partial charge is 0.420 e. The van der Waals surface area contributed by atoms with Gasteiger partial charge in [0, 0.05) is 17.1 Å². The number of nitrogens with one attached hydrogen (secondary N) is 1. The second kappa shape index (κ2) is 4.26. The summed E-state index contributed by atoms with van der Waals surface area (Å²) in [5.74, 6) is -0.937. The average Bonchev–Trinajstić information content (AvgIpc) is 2.09. The maximum Gasteiger partial charge on any atom is 0.420 e. The summed E-state index contributed by atoms with van der Waals surface area (Å²) in [6, 6.07) is 1.76. The topological polar surface area (TPSA) is 52.5 Å². The molecule has 0 heterocycles. The van der Waals surface area contributed by atoms with E-state index in [9.17, 15) is 18.3 Å². The van der Waals surface area contributed by atoms with Crippen molar-refractivity contribution < 1.29 is 23.5 Å². The van der Waals surface area contributed by atoms with E-state index in [-0.39, 0.29) is 17.1 Å². The Balaban J connectivity index is 3.28. The van der Waals surface area contributed by atoms with E-state index in [0.29, 0.717) is 6.07 Å². The summed E-state index contributed by atoms with van der Waals surface area (Å²) in [5, 5.41) is 17.4. The van der Waals surface area contributed by atoms with E-state index in [2.05, 4.69) is 0 Å². The Hall–Kier alpha value is -0.980. The van der Waals surface area contributed by atoms with Gasteiger partial charge in [0.25, 0.3) is 0 Å². The van der Waals surface area contributed by atoms with Crippen LogP contribution in [-0.4, -0.2) is 10.3 Å². The number of halogens is 4. The maximum atomic E-state index is 12.3. The number of phenols is 1. The summed E-state index contributed by atoms with van der Waals surface area (Å²) < 4.78 is 37.0. The summed E-state index contributed by atoms with van der Waals surface area (Å²) in [6.07, 6.45) is -4.68. The Morgan fingerprint density at radius 2 is 1.93 bits per heavy atom. The van der Waals surface area contributed by atoms with Crippen LogP contribution in [0.25, 0.3) is 0 Å². The predicted molar refractivity (Wildman–Crippen MR) is 46.7 cm³/mol. The number of phenolic OH excluding ortho intramolecular Hbond substituents is 1. The van der Waals surface area contributed by atoms with E-state index in [4.69, 9.17) is 16.8 Å². The van der Waals surface area contributed by atoms with Gasteiger partial charge in [-0.25, -0.2) is 5.48 Å². The third kappa shape index (κ3) is 2.74. The second-order valence-corrected chi connectivity index (χ2v) is 3.23. The summed E-state index contributed by atoms with van der Waals surface area (Å²) in [7, 11) is 0. The zero-order valence-electron chi connectivity index (χ0n) is 7.27. The van der Waals surface area contributed by atoms with Crippen LogP contribution in [0.1, 0.15) is 11.1 Å². The molecule has 0 aromatic heterocycles. The molecule has 0 saturated carbocycles. The molecule has 3 N–H and O–H groups in total. The lowest BCUT2D eigenvalue weighted by atomic mass is 10.1. The Kier molecular flexibility index (Phi) is 3.43. The molecule has 1 aromatic carbocycles. The highest BCUT2D eigenvalue weighted by atomic mass is 35.5. The van der Waals surface area contributed by atoms with Crippen LogP contribution in [0.5, 0.6) is 5.75 Å². The maximum absolute atomic E-state index is 12.3. The fourth-order valence-corrected chi connectivity index (χ4v) is 1.33. The minimum atomic E-state index is -4.68. The molecule has 1 aromatic rings. The van der Waals surface area contributed by atoms with Crippen LogP contribution in [0.4, 0.5) is 13.2 Å². The van der Waals surface area contributed by atoms with Crippen molar-refractivity contribution in [3.05, 3.63) is 28.3 Å². The summed E-state index contributed by atoms with van der Waals surface area (Å²) >= 11 is 5.44. The zero-order valence-corrected chi connectivity index (χ0v) is 8.02. The van der Waals surface area contributed by atoms with Gasteiger partial charge in [0.05, 0.1) is 5.56 Å². The van der Waals surface area contributed by atoms with E-state index >= 15 is 0 Å². The van der Waals surface area contributed by atoms with Gasteiger partial charge in [0.2, 0.25) is 0 Å². The number of hydroxylamine groups is 1. The SMILES string of the molecule is ONCc1cc(Cl)cc(C(F)(F)F)c1O. The lowest BCUT2D eigenvalue weighted by molar-refractivity contribution is -0.138. The molecule has 0 amide bonds. The molecule has 0 unspecified atom stereocenters. The molecule has 0 fully saturated rings. The van der Waals surface area contributed by atoms with Crippen LogP contribution in [0, 0.1) is 0 Å². The first-order chi connectivity index (χ1) is 6.86. The molecule has 3 nitrogen and oxygen atoms in total. The van der Waals surface area contributed by atoms with Gasteiger partial charge in [-0.3, -0.25) is 0 Å². The van der Waals surface area contributed by atoms with Crippen molar-refractivity contribution in [1.82, 2.24) is 5.48 Å². The molecule has 0 atom stereocenters. The number of hydrogen-bond donors (Lipinski definition) is 3. The molecule has 0 aliphatic carbocycles. The van der Waals surface area contributed by atoms with E-state index in [1.807, 2.05) is 0 Å². The fraction of sp³-hybridized carbons (Fsp3) is 0.250. The number of aromatic hydroxyl groups is 1. The van der Waals surface area contributed by atoms with Crippen molar-refractivity contribution in [2.24, 2.45) is 0 Å². The number of benzene rings is 1. The van der Waals surface area contributed by atoms with Crippen molar-refractivity contribution in [3.63, 3.8) is 0 Å². The predicted octanol–water partition coefficient (Wildman–Crippen LogP) is 2.54. The quantitative estimate of drug-likeness (QED) is 0.698. The second-order valence-electron chi connectivity index (χ2n) is 2.79. The van der Waals surface area contributed by atoms with Crippen molar-refractivity contribution in [2.75, 3.05) is 0 Å². The minimum Gasteiger partial charge on any atom is -0.507 e. The lowest BCUT2D eigenvalue weighted by Crippen LogP contribution is -2.10. The van der Waals surface area contributed by atoms with Crippen LogP contribution in [-0.2, 0) is 12.7 Å². The van der Waals surface area contributed by atoms with Gasteiger partial charge in [0.15, 0.2) is 0 Å². The molecule has 0 radical (unpaired) electrons. The first-order valence-electron chi connectivity index (χ1n) is 3.81. The Morgan fingerprint density at radius 3 is 2.40 bits per heavy atom. The standard InChI is InChI=1S/C8H7ClF3NO2/c9-5-1-4(3-13-15)7(14)6(2-5)8(10,11)12/h1-2,13-15H,3H2. The van der Waals surface area contributed by atoms with Gasteiger partial charge in [0.1, 0.15) is 5.75 Å². The van der Waals surface area contributed by atoms with Gasteiger partial charge < -0.3 is 10.3 Å². The number of alkyl halides is 3. The highest BCUT2D eigenvalue weighted by Crippen LogP contribution is 2.39. The largest absolute Gasteiger partial charge is 0.507 e. The van der Waals surface area contributed by atoms with Crippen molar-refractivity contribution >= 4 is 11.6 Å². The molecule has 84 valence electrons. The third-order valence-electron chi connectivity index (χ3n) is 1.73. The summed E-state index contributed by atoms with van der Waals surface area (Å²) in [5.41, 5.74) is 0.295. The molecular weight excluding hydrogens is 235 g/mol. The lowest BCUT2D eigenvalue weighted by Gasteiger charge is -2.12. The van der Waals surface area contributed by atoms with E-state index in [1.165, 1.54) is 0 Å². The first kappa shape index (κ1) is 12.1. The minimum absolute atomic E-state index is 0.127. The molecule has 0 aliphatic rings. The van der Waals surface area contributed by atoms with Gasteiger partial charge in [-0.2, -0.15) is 13.2 Å². The van der Waals surface area contributed by atoms with Crippen LogP contribution >= 0.6 is 11.6 Å². The zero-order chi connectivity index (χ0) is 11.6. The highest BCUT2D eigenvalue weighted by molar-refractivity contribution is 6.30. The molecule has 0 bridgehead atoms. The average molecular weight is 242 g/mol. The normalized spacial score (nSPS) is 11.8. The molecule has 0 aliphatic heterocycles. The summed E-state index contributed by atoms with van der Waals surface area (Å²) in [6.45, 7) is -0.324. The fourth-order valence-electron chi connectivity index (χ4n) is 1.09. The Labute approximate surface area is 88.1 Å². The van der Waals surface area contributed by atoms with E-state index in [0.717, 1.165) is 6.07 Å². The molecule has 1 rings (SSSR count). The molecule has 0 spiro atoms. The highest BCUT2D eigenvalue weighted by Gasteiger charge is 2.35. The third-order valence-corrected chi connectivity index (χ3v) is 1.95. The molecule has 15 heavy (non-hydrogen) atoms. The van der Waals surface area contributed by atoms with Crippen molar-refractivity contribution in [3.8, 4) is 5.75 Å². The first-order valence-corrected chi connectivity index (χ1v) is 4.19. The Morgan fingerprint density at radius 1 is 1.33 bits per heavy atom. The van der Waals surface area contributed by atoms with Gasteiger partial charge in [-0.1, -0.05) is 11.6 Å². The van der Waals surface area contributed by atoms with Gasteiger partial charge in [-0.15, -0.1) is 0 Å². The van der Waals surface area contributed by atoms with Crippen molar-refractivity contribution in [2.45, 2.75) is 12.7 Å². The number of rotatable bonds is 2. The monoisotopic (exact) mass is 241 g/mol. The van der Waals surface area contributed by atoms with Crippen LogP contribution < -0.4 is 5.48 Å². The molecule has 0 saturated heterocycles. The van der Waals surface area contributed by atoms with Gasteiger partial charge >= 0.3 is 6.18 Å².